The Kier molecular flexibility index (Phi) is 3.52. The Hall–Kier alpha value is -0.900. The van der Waals surface area contributed by atoms with E-state index in [2.05, 4.69) is 6.92 Å². The van der Waals surface area contributed by atoms with Gasteiger partial charge in [-0.05, 0) is 25.2 Å². The van der Waals surface area contributed by atoms with Gasteiger partial charge in [0.2, 0.25) is 11.8 Å². The lowest BCUT2D eigenvalue weighted by molar-refractivity contribution is -0.144. The van der Waals surface area contributed by atoms with Gasteiger partial charge < -0.3 is 5.11 Å². The second-order valence-electron chi connectivity index (χ2n) is 5.25. The van der Waals surface area contributed by atoms with Crippen LogP contribution in [0.25, 0.3) is 0 Å². The average Bonchev–Trinajstić information content (AvgIpc) is 2.85. The lowest BCUT2D eigenvalue weighted by Gasteiger charge is -2.25. The highest BCUT2D eigenvalue weighted by molar-refractivity contribution is 6.05. The summed E-state index contributed by atoms with van der Waals surface area (Å²) in [7, 11) is 0. The molecule has 3 atom stereocenters. The number of hydrogen-bond donors (Lipinski definition) is 1. The van der Waals surface area contributed by atoms with Crippen LogP contribution >= 0.6 is 0 Å². The van der Waals surface area contributed by atoms with E-state index >= 15 is 0 Å². The van der Waals surface area contributed by atoms with Crippen LogP contribution in [0, 0.1) is 17.8 Å². The van der Waals surface area contributed by atoms with Gasteiger partial charge in [-0.1, -0.05) is 20.3 Å². The summed E-state index contributed by atoms with van der Waals surface area (Å²) in [6.07, 6.45) is 3.38. The summed E-state index contributed by atoms with van der Waals surface area (Å²) < 4.78 is 0. The average molecular weight is 239 g/mol. The zero-order valence-corrected chi connectivity index (χ0v) is 10.6. The Morgan fingerprint density at radius 1 is 1.24 bits per heavy atom. The number of likely N-dealkylation sites (tertiary alicyclic amines) is 1. The number of amides is 2. The van der Waals surface area contributed by atoms with Crippen molar-refractivity contribution in [2.45, 2.75) is 45.6 Å². The van der Waals surface area contributed by atoms with Crippen LogP contribution in [0.1, 0.15) is 39.5 Å². The van der Waals surface area contributed by atoms with Crippen molar-refractivity contribution in [3.05, 3.63) is 0 Å². The zero-order chi connectivity index (χ0) is 12.6. The minimum Gasteiger partial charge on any atom is -0.394 e. The minimum atomic E-state index is -0.319. The maximum absolute atomic E-state index is 12.2. The zero-order valence-electron chi connectivity index (χ0n) is 10.6. The molecular weight excluding hydrogens is 218 g/mol. The number of nitrogens with zero attached hydrogens (tertiary/aromatic N) is 1. The summed E-state index contributed by atoms with van der Waals surface area (Å²) in [5.74, 6) is 0.226. The first-order valence-electron chi connectivity index (χ1n) is 6.61. The third kappa shape index (κ3) is 1.88. The first-order valence-corrected chi connectivity index (χ1v) is 6.61. The molecule has 1 aliphatic carbocycles. The number of aliphatic hydroxyl groups is 1. The minimum absolute atomic E-state index is 0.0446. The highest BCUT2D eigenvalue weighted by Crippen LogP contribution is 2.44. The fourth-order valence-corrected chi connectivity index (χ4v) is 3.24. The standard InChI is InChI=1S/C13H21NO3/c1-3-8-5-10-11(6-8)13(17)14(12(10)16)9(4-2)7-15/h8-11,15H,3-7H2,1-2H3. The Bertz CT molecular complexity index is 301. The predicted molar refractivity (Wildman–Crippen MR) is 63.0 cm³/mol. The molecule has 0 radical (unpaired) electrons. The van der Waals surface area contributed by atoms with E-state index in [9.17, 15) is 14.7 Å². The summed E-state index contributed by atoms with van der Waals surface area (Å²) in [4.78, 5) is 25.8. The molecule has 0 aromatic heterocycles. The largest absolute Gasteiger partial charge is 0.394 e. The molecule has 1 saturated heterocycles. The number of hydrogen-bond acceptors (Lipinski definition) is 3. The van der Waals surface area contributed by atoms with Crippen LogP contribution in [0.2, 0.25) is 0 Å². The molecule has 1 saturated carbocycles. The van der Waals surface area contributed by atoms with Crippen molar-refractivity contribution < 1.29 is 14.7 Å². The molecule has 3 unspecified atom stereocenters. The molecule has 0 spiro atoms. The van der Waals surface area contributed by atoms with E-state index in [1.54, 1.807) is 0 Å². The van der Waals surface area contributed by atoms with Crippen molar-refractivity contribution in [1.29, 1.82) is 0 Å². The number of rotatable bonds is 4. The van der Waals surface area contributed by atoms with Crippen molar-refractivity contribution in [3.63, 3.8) is 0 Å². The molecule has 17 heavy (non-hydrogen) atoms. The van der Waals surface area contributed by atoms with Gasteiger partial charge in [0.05, 0.1) is 24.5 Å². The van der Waals surface area contributed by atoms with Crippen LogP contribution in [-0.4, -0.2) is 34.5 Å². The van der Waals surface area contributed by atoms with Gasteiger partial charge in [-0.25, -0.2) is 0 Å². The van der Waals surface area contributed by atoms with Crippen LogP contribution in [0.5, 0.6) is 0 Å². The van der Waals surface area contributed by atoms with Crippen LogP contribution in [0.15, 0.2) is 0 Å². The van der Waals surface area contributed by atoms with Crippen LogP contribution in [0.3, 0.4) is 0 Å². The van der Waals surface area contributed by atoms with E-state index < -0.39 is 0 Å². The molecule has 4 nitrogen and oxygen atoms in total. The summed E-state index contributed by atoms with van der Waals surface area (Å²) in [6, 6.07) is -0.319. The maximum atomic E-state index is 12.2. The molecule has 1 N–H and O–H groups in total. The summed E-state index contributed by atoms with van der Waals surface area (Å²) >= 11 is 0. The van der Waals surface area contributed by atoms with E-state index in [4.69, 9.17) is 0 Å². The number of carbonyl (C=O) groups excluding carboxylic acids is 2. The molecule has 2 fully saturated rings. The van der Waals surface area contributed by atoms with Gasteiger partial charge in [-0.2, -0.15) is 0 Å². The number of fused-ring (bicyclic) bond motifs is 1. The molecule has 1 aliphatic heterocycles. The van der Waals surface area contributed by atoms with Crippen LogP contribution in [-0.2, 0) is 9.59 Å². The molecule has 0 aromatic carbocycles. The van der Waals surface area contributed by atoms with Gasteiger partial charge in [0.1, 0.15) is 0 Å². The molecule has 2 amide bonds. The number of imide groups is 1. The molecule has 2 aliphatic rings. The highest BCUT2D eigenvalue weighted by Gasteiger charge is 2.53. The van der Waals surface area contributed by atoms with E-state index in [0.29, 0.717) is 12.3 Å². The van der Waals surface area contributed by atoms with E-state index in [1.807, 2.05) is 6.92 Å². The molecule has 4 heteroatoms. The van der Waals surface area contributed by atoms with Crippen molar-refractivity contribution >= 4 is 11.8 Å². The fraction of sp³-hybridized carbons (Fsp3) is 0.846. The third-order valence-corrected chi connectivity index (χ3v) is 4.39. The monoisotopic (exact) mass is 239 g/mol. The summed E-state index contributed by atoms with van der Waals surface area (Å²) in [5.41, 5.74) is 0. The summed E-state index contributed by atoms with van der Waals surface area (Å²) in [6.45, 7) is 3.88. The van der Waals surface area contributed by atoms with Gasteiger partial charge in [0.15, 0.2) is 0 Å². The van der Waals surface area contributed by atoms with E-state index in [0.717, 1.165) is 19.3 Å². The van der Waals surface area contributed by atoms with Gasteiger partial charge in [0.25, 0.3) is 0 Å². The van der Waals surface area contributed by atoms with Gasteiger partial charge in [0, 0.05) is 0 Å². The van der Waals surface area contributed by atoms with Gasteiger partial charge >= 0.3 is 0 Å². The maximum Gasteiger partial charge on any atom is 0.233 e. The lowest BCUT2D eigenvalue weighted by atomic mass is 10.00. The number of aliphatic hydroxyl groups excluding tert-OH is 1. The fourth-order valence-electron chi connectivity index (χ4n) is 3.24. The van der Waals surface area contributed by atoms with E-state index in [-0.39, 0.29) is 36.3 Å². The third-order valence-electron chi connectivity index (χ3n) is 4.39. The quantitative estimate of drug-likeness (QED) is 0.749. The lowest BCUT2D eigenvalue weighted by Crippen LogP contribution is -2.43. The normalized spacial score (nSPS) is 34.3. The molecule has 0 bridgehead atoms. The Morgan fingerprint density at radius 2 is 1.76 bits per heavy atom. The Morgan fingerprint density at radius 3 is 2.12 bits per heavy atom. The first kappa shape index (κ1) is 12.6. The SMILES string of the molecule is CCC1CC2C(=O)N(C(CC)CO)C(=O)C2C1. The molecule has 0 aromatic rings. The van der Waals surface area contributed by atoms with E-state index in [1.165, 1.54) is 4.90 Å². The van der Waals surface area contributed by atoms with Crippen molar-refractivity contribution in [3.8, 4) is 0 Å². The molecular formula is C13H21NO3. The van der Waals surface area contributed by atoms with Crippen LogP contribution in [0.4, 0.5) is 0 Å². The molecule has 1 heterocycles. The number of carbonyl (C=O) groups is 2. The smallest absolute Gasteiger partial charge is 0.233 e. The second kappa shape index (κ2) is 4.77. The Balaban J connectivity index is 2.16. The van der Waals surface area contributed by atoms with Gasteiger partial charge in [-0.15, -0.1) is 0 Å². The van der Waals surface area contributed by atoms with Crippen LogP contribution < -0.4 is 0 Å². The second-order valence-corrected chi connectivity index (χ2v) is 5.25. The van der Waals surface area contributed by atoms with Crippen molar-refractivity contribution in [1.82, 2.24) is 4.90 Å². The Labute approximate surface area is 102 Å². The first-order chi connectivity index (χ1) is 8.13. The highest BCUT2D eigenvalue weighted by atomic mass is 16.3. The van der Waals surface area contributed by atoms with Gasteiger partial charge in [-0.3, -0.25) is 14.5 Å². The van der Waals surface area contributed by atoms with Crippen molar-refractivity contribution in [2.24, 2.45) is 17.8 Å². The topological polar surface area (TPSA) is 57.6 Å². The molecule has 2 rings (SSSR count). The summed E-state index contributed by atoms with van der Waals surface area (Å²) in [5, 5.41) is 9.24. The predicted octanol–water partition coefficient (Wildman–Crippen LogP) is 1.18. The molecule has 96 valence electrons. The van der Waals surface area contributed by atoms with Crippen molar-refractivity contribution in [2.75, 3.05) is 6.61 Å².